The molecular formula is C17H19N5O. The molecule has 118 valence electrons. The number of carbonyl (C=O) groups excluding carboxylic acids is 1. The maximum Gasteiger partial charge on any atom is 0.240 e. The molecule has 3 aromatic rings. The van der Waals surface area contributed by atoms with E-state index in [1.54, 1.807) is 6.21 Å². The molecule has 6 heteroatoms. The SMILES string of the molecule is Cc1n[nH]c(C)c1CCC(=O)N/N=C/c1c[nH]c2ccccc12. The van der Waals surface area contributed by atoms with E-state index in [0.29, 0.717) is 12.8 Å². The highest BCUT2D eigenvalue weighted by Gasteiger charge is 2.08. The normalized spacial score (nSPS) is 11.4. The summed E-state index contributed by atoms with van der Waals surface area (Å²) in [5, 5.41) is 12.2. The fourth-order valence-corrected chi connectivity index (χ4v) is 2.61. The molecule has 3 N–H and O–H groups in total. The lowest BCUT2D eigenvalue weighted by molar-refractivity contribution is -0.121. The van der Waals surface area contributed by atoms with E-state index in [1.807, 2.05) is 44.3 Å². The minimum absolute atomic E-state index is 0.110. The topological polar surface area (TPSA) is 85.9 Å². The summed E-state index contributed by atoms with van der Waals surface area (Å²) in [4.78, 5) is 15.1. The Bertz CT molecular complexity index is 839. The van der Waals surface area contributed by atoms with E-state index in [-0.39, 0.29) is 5.91 Å². The average Bonchev–Trinajstić information content (AvgIpc) is 3.10. The van der Waals surface area contributed by atoms with Gasteiger partial charge in [-0.25, -0.2) is 5.43 Å². The average molecular weight is 309 g/mol. The minimum atomic E-state index is -0.110. The van der Waals surface area contributed by atoms with Crippen molar-refractivity contribution in [3.05, 3.63) is 53.0 Å². The van der Waals surface area contributed by atoms with Gasteiger partial charge in [0.1, 0.15) is 0 Å². The van der Waals surface area contributed by atoms with Gasteiger partial charge in [0.2, 0.25) is 5.91 Å². The van der Waals surface area contributed by atoms with Crippen LogP contribution in [0.3, 0.4) is 0 Å². The maximum absolute atomic E-state index is 11.9. The molecule has 2 aromatic heterocycles. The molecule has 2 heterocycles. The van der Waals surface area contributed by atoms with Gasteiger partial charge in [-0.15, -0.1) is 0 Å². The number of hydrogen-bond donors (Lipinski definition) is 3. The number of hydrogen-bond acceptors (Lipinski definition) is 3. The lowest BCUT2D eigenvalue weighted by Gasteiger charge is -2.01. The van der Waals surface area contributed by atoms with Crippen LogP contribution in [-0.2, 0) is 11.2 Å². The van der Waals surface area contributed by atoms with Gasteiger partial charge in [0.15, 0.2) is 0 Å². The summed E-state index contributed by atoms with van der Waals surface area (Å²) < 4.78 is 0. The number of amides is 1. The van der Waals surface area contributed by atoms with Crippen molar-refractivity contribution in [1.29, 1.82) is 0 Å². The molecule has 1 amide bonds. The number of H-pyrrole nitrogens is 2. The van der Waals surface area contributed by atoms with E-state index in [1.165, 1.54) is 0 Å². The second kappa shape index (κ2) is 6.48. The van der Waals surface area contributed by atoms with E-state index in [9.17, 15) is 4.79 Å². The van der Waals surface area contributed by atoms with Gasteiger partial charge in [0, 0.05) is 34.8 Å². The number of carbonyl (C=O) groups is 1. The Balaban J connectivity index is 1.56. The number of fused-ring (bicyclic) bond motifs is 1. The van der Waals surface area contributed by atoms with Crippen molar-refractivity contribution in [2.24, 2.45) is 5.10 Å². The summed E-state index contributed by atoms with van der Waals surface area (Å²) >= 11 is 0. The Morgan fingerprint density at radius 3 is 2.96 bits per heavy atom. The Kier molecular flexibility index (Phi) is 4.23. The van der Waals surface area contributed by atoms with Crippen molar-refractivity contribution < 1.29 is 4.79 Å². The van der Waals surface area contributed by atoms with Gasteiger partial charge >= 0.3 is 0 Å². The van der Waals surface area contributed by atoms with Crippen molar-refractivity contribution >= 4 is 23.0 Å². The molecule has 1 aromatic carbocycles. The molecule has 0 atom stereocenters. The number of rotatable bonds is 5. The first-order valence-electron chi connectivity index (χ1n) is 7.53. The Labute approximate surface area is 134 Å². The smallest absolute Gasteiger partial charge is 0.240 e. The van der Waals surface area contributed by atoms with Crippen molar-refractivity contribution in [3.63, 3.8) is 0 Å². The van der Waals surface area contributed by atoms with Crippen molar-refractivity contribution in [2.75, 3.05) is 0 Å². The lowest BCUT2D eigenvalue weighted by atomic mass is 10.1. The molecule has 0 aliphatic rings. The predicted octanol–water partition coefficient (Wildman–Crippen LogP) is 2.59. The van der Waals surface area contributed by atoms with E-state index in [2.05, 4.69) is 25.7 Å². The molecule has 0 aliphatic heterocycles. The summed E-state index contributed by atoms with van der Waals surface area (Å²) in [6, 6.07) is 7.96. The van der Waals surface area contributed by atoms with Crippen molar-refractivity contribution in [3.8, 4) is 0 Å². The number of benzene rings is 1. The summed E-state index contributed by atoms with van der Waals surface area (Å²) in [7, 11) is 0. The van der Waals surface area contributed by atoms with Crippen LogP contribution < -0.4 is 5.43 Å². The molecule has 0 aliphatic carbocycles. The standard InChI is InChI=1S/C17H19N5O/c1-11-14(12(2)21-20-11)7-8-17(23)22-19-10-13-9-18-16-6-4-3-5-15(13)16/h3-6,9-10,18H,7-8H2,1-2H3,(H,20,21)(H,22,23)/b19-10+. The third kappa shape index (κ3) is 3.31. The van der Waals surface area contributed by atoms with Crippen LogP contribution in [-0.4, -0.2) is 27.3 Å². The molecule has 0 saturated carbocycles. The monoisotopic (exact) mass is 309 g/mol. The largest absolute Gasteiger partial charge is 0.361 e. The third-order valence-corrected chi connectivity index (χ3v) is 3.90. The van der Waals surface area contributed by atoms with Gasteiger partial charge in [-0.3, -0.25) is 9.89 Å². The summed E-state index contributed by atoms with van der Waals surface area (Å²) in [5.41, 5.74) is 7.62. The fraction of sp³-hybridized carbons (Fsp3) is 0.235. The Morgan fingerprint density at radius 1 is 1.35 bits per heavy atom. The van der Waals surface area contributed by atoms with Crippen LogP contribution in [0.2, 0.25) is 0 Å². The van der Waals surface area contributed by atoms with Crippen LogP contribution in [0.5, 0.6) is 0 Å². The van der Waals surface area contributed by atoms with Gasteiger partial charge in [-0.2, -0.15) is 10.2 Å². The summed E-state index contributed by atoms with van der Waals surface area (Å²) in [5.74, 6) is -0.110. The minimum Gasteiger partial charge on any atom is -0.361 e. The number of nitrogens with one attached hydrogen (secondary N) is 3. The zero-order chi connectivity index (χ0) is 16.2. The molecule has 0 spiro atoms. The van der Waals surface area contributed by atoms with Gasteiger partial charge < -0.3 is 4.98 Å². The number of nitrogens with zero attached hydrogens (tertiary/aromatic N) is 2. The lowest BCUT2D eigenvalue weighted by Crippen LogP contribution is -2.18. The molecule has 0 unspecified atom stereocenters. The first-order valence-corrected chi connectivity index (χ1v) is 7.53. The molecule has 3 rings (SSSR count). The highest BCUT2D eigenvalue weighted by molar-refractivity contribution is 5.99. The molecule has 0 bridgehead atoms. The third-order valence-electron chi connectivity index (χ3n) is 3.90. The van der Waals surface area contributed by atoms with E-state index >= 15 is 0 Å². The summed E-state index contributed by atoms with van der Waals surface area (Å²) in [6.07, 6.45) is 4.57. The molecule has 23 heavy (non-hydrogen) atoms. The van der Waals surface area contributed by atoms with E-state index < -0.39 is 0 Å². The van der Waals surface area contributed by atoms with Crippen LogP contribution in [0.1, 0.15) is 28.9 Å². The number of aromatic nitrogens is 3. The highest BCUT2D eigenvalue weighted by Crippen LogP contribution is 2.15. The quantitative estimate of drug-likeness (QED) is 0.500. The van der Waals surface area contributed by atoms with Crippen molar-refractivity contribution in [2.45, 2.75) is 26.7 Å². The number of hydrazone groups is 1. The zero-order valence-corrected chi connectivity index (χ0v) is 13.2. The van der Waals surface area contributed by atoms with Crippen LogP contribution in [0, 0.1) is 13.8 Å². The van der Waals surface area contributed by atoms with Gasteiger partial charge in [-0.1, -0.05) is 18.2 Å². The van der Waals surface area contributed by atoms with Gasteiger partial charge in [0.05, 0.1) is 11.9 Å². The molecular weight excluding hydrogens is 290 g/mol. The second-order valence-corrected chi connectivity index (χ2v) is 5.50. The van der Waals surface area contributed by atoms with Gasteiger partial charge in [0.25, 0.3) is 0 Å². The van der Waals surface area contributed by atoms with Crippen LogP contribution in [0.25, 0.3) is 10.9 Å². The van der Waals surface area contributed by atoms with Crippen LogP contribution in [0.15, 0.2) is 35.6 Å². The van der Waals surface area contributed by atoms with E-state index in [0.717, 1.165) is 33.4 Å². The first kappa shape index (κ1) is 15.0. The zero-order valence-electron chi connectivity index (χ0n) is 13.2. The predicted molar refractivity (Wildman–Crippen MR) is 90.4 cm³/mol. The van der Waals surface area contributed by atoms with Crippen LogP contribution >= 0.6 is 0 Å². The number of para-hydroxylation sites is 1. The maximum atomic E-state index is 11.9. The highest BCUT2D eigenvalue weighted by atomic mass is 16.2. The first-order chi connectivity index (χ1) is 11.1. The fourth-order valence-electron chi connectivity index (χ4n) is 2.61. The molecule has 0 saturated heterocycles. The van der Waals surface area contributed by atoms with E-state index in [4.69, 9.17) is 0 Å². The molecule has 6 nitrogen and oxygen atoms in total. The Morgan fingerprint density at radius 2 is 2.17 bits per heavy atom. The summed E-state index contributed by atoms with van der Waals surface area (Å²) in [6.45, 7) is 3.90. The number of aryl methyl sites for hydroxylation is 2. The molecule has 0 fully saturated rings. The number of aromatic amines is 2. The van der Waals surface area contributed by atoms with Crippen LogP contribution in [0.4, 0.5) is 0 Å². The second-order valence-electron chi connectivity index (χ2n) is 5.50. The molecule has 0 radical (unpaired) electrons. The van der Waals surface area contributed by atoms with Crippen molar-refractivity contribution in [1.82, 2.24) is 20.6 Å². The van der Waals surface area contributed by atoms with Gasteiger partial charge in [-0.05, 0) is 31.9 Å². The Hall–Kier alpha value is -2.89.